The minimum Gasteiger partial charge on any atom is -0.507 e. The van der Waals surface area contributed by atoms with Crippen LogP contribution in [0.5, 0.6) is 0 Å². The number of carbonyl (C=O) groups excluding carboxylic acids is 2. The molecule has 0 spiro atoms. The Morgan fingerprint density at radius 1 is 1.03 bits per heavy atom. The van der Waals surface area contributed by atoms with E-state index in [0.29, 0.717) is 10.6 Å². The second kappa shape index (κ2) is 7.96. The molecule has 4 rings (SSSR count). The lowest BCUT2D eigenvalue weighted by Gasteiger charge is -2.23. The molecule has 1 amide bonds. The zero-order valence-corrected chi connectivity index (χ0v) is 16.4. The predicted octanol–water partition coefficient (Wildman–Crippen LogP) is 3.66. The van der Waals surface area contributed by atoms with Gasteiger partial charge in [0.2, 0.25) is 5.95 Å². The number of nitrogens with zero attached hydrogens (tertiary/aromatic N) is 4. The Bertz CT molecular complexity index is 1210. The fourth-order valence-electron chi connectivity index (χ4n) is 3.31. The number of aliphatic hydroxyl groups excluding tert-OH is 1. The number of anilines is 1. The first kappa shape index (κ1) is 20.2. The van der Waals surface area contributed by atoms with E-state index in [1.54, 1.807) is 6.07 Å². The van der Waals surface area contributed by atoms with E-state index in [2.05, 4.69) is 9.97 Å². The standard InChI is InChI=1S/C21H13ClN4O5/c22-14-6-2-13(3-7-14)18(27)16-17(12-4-8-15(9-5-12)26(30)31)25(20(29)19(16)28)21-23-10-1-11-24-21/h1-11,17,27H/b18-16-. The summed E-state index contributed by atoms with van der Waals surface area (Å²) in [6.45, 7) is 0. The molecule has 0 aliphatic carbocycles. The maximum atomic E-state index is 12.9. The Hall–Kier alpha value is -4.11. The van der Waals surface area contributed by atoms with Crippen LogP contribution in [0, 0.1) is 10.1 Å². The third kappa shape index (κ3) is 3.62. The molecular weight excluding hydrogens is 424 g/mol. The lowest BCUT2D eigenvalue weighted by Crippen LogP contribution is -2.31. The molecule has 154 valence electrons. The van der Waals surface area contributed by atoms with Gasteiger partial charge < -0.3 is 5.11 Å². The Balaban J connectivity index is 1.92. The molecule has 0 saturated carbocycles. The van der Waals surface area contributed by atoms with Crippen LogP contribution in [0.1, 0.15) is 17.2 Å². The summed E-state index contributed by atoms with van der Waals surface area (Å²) >= 11 is 5.90. The second-order valence-electron chi connectivity index (χ2n) is 6.57. The van der Waals surface area contributed by atoms with Crippen molar-refractivity contribution in [3.8, 4) is 0 Å². The highest BCUT2D eigenvalue weighted by Crippen LogP contribution is 2.41. The first-order valence-corrected chi connectivity index (χ1v) is 9.34. The summed E-state index contributed by atoms with van der Waals surface area (Å²) in [5, 5.41) is 22.4. The number of non-ortho nitro benzene ring substituents is 1. The summed E-state index contributed by atoms with van der Waals surface area (Å²) in [5.41, 5.74) is 0.305. The average Bonchev–Trinajstić information content (AvgIpc) is 3.05. The van der Waals surface area contributed by atoms with Crippen molar-refractivity contribution in [1.29, 1.82) is 0 Å². The van der Waals surface area contributed by atoms with Crippen LogP contribution in [-0.2, 0) is 9.59 Å². The number of amides is 1. The van der Waals surface area contributed by atoms with Crippen LogP contribution in [0.15, 0.2) is 72.6 Å². The normalized spacial score (nSPS) is 17.7. The number of aliphatic hydroxyl groups is 1. The van der Waals surface area contributed by atoms with Gasteiger partial charge in [-0.05, 0) is 48.0 Å². The van der Waals surface area contributed by atoms with E-state index in [1.165, 1.54) is 60.9 Å². The highest BCUT2D eigenvalue weighted by atomic mass is 35.5. The molecule has 10 heteroatoms. The monoisotopic (exact) mass is 436 g/mol. The largest absolute Gasteiger partial charge is 0.507 e. The first-order valence-electron chi connectivity index (χ1n) is 8.97. The Labute approximate surface area is 180 Å². The smallest absolute Gasteiger partial charge is 0.302 e. The number of aromatic nitrogens is 2. The number of carbonyl (C=O) groups is 2. The Morgan fingerprint density at radius 3 is 2.23 bits per heavy atom. The number of rotatable bonds is 4. The molecule has 1 saturated heterocycles. The molecule has 1 fully saturated rings. The van der Waals surface area contributed by atoms with Crippen LogP contribution in [-0.4, -0.2) is 31.7 Å². The molecule has 1 aromatic heterocycles. The number of ketones is 1. The molecule has 3 aromatic rings. The van der Waals surface area contributed by atoms with Crippen LogP contribution < -0.4 is 4.90 Å². The third-order valence-electron chi connectivity index (χ3n) is 4.75. The lowest BCUT2D eigenvalue weighted by atomic mass is 9.95. The number of nitro benzene ring substituents is 1. The van der Waals surface area contributed by atoms with E-state index in [9.17, 15) is 24.8 Å². The van der Waals surface area contributed by atoms with Gasteiger partial charge in [-0.25, -0.2) is 9.97 Å². The number of nitro groups is 1. The summed E-state index contributed by atoms with van der Waals surface area (Å²) in [5.74, 6) is -2.30. The molecule has 0 radical (unpaired) electrons. The number of halogens is 1. The van der Waals surface area contributed by atoms with Gasteiger partial charge in [0, 0.05) is 35.1 Å². The van der Waals surface area contributed by atoms with Gasteiger partial charge in [0.1, 0.15) is 5.76 Å². The van der Waals surface area contributed by atoms with Gasteiger partial charge in [-0.2, -0.15) is 0 Å². The van der Waals surface area contributed by atoms with Gasteiger partial charge in [-0.15, -0.1) is 0 Å². The summed E-state index contributed by atoms with van der Waals surface area (Å²) in [7, 11) is 0. The van der Waals surface area contributed by atoms with Gasteiger partial charge in [0.25, 0.3) is 11.5 Å². The summed E-state index contributed by atoms with van der Waals surface area (Å²) in [6.07, 6.45) is 2.82. The van der Waals surface area contributed by atoms with E-state index >= 15 is 0 Å². The summed E-state index contributed by atoms with van der Waals surface area (Å²) in [6, 6.07) is 11.9. The minimum atomic E-state index is -1.08. The van der Waals surface area contributed by atoms with Crippen molar-refractivity contribution in [2.75, 3.05) is 4.90 Å². The third-order valence-corrected chi connectivity index (χ3v) is 5.00. The zero-order chi connectivity index (χ0) is 22.1. The number of hydrogen-bond acceptors (Lipinski definition) is 7. The Kier molecular flexibility index (Phi) is 5.18. The van der Waals surface area contributed by atoms with E-state index in [4.69, 9.17) is 11.6 Å². The molecule has 2 heterocycles. The van der Waals surface area contributed by atoms with Crippen molar-refractivity contribution in [2.45, 2.75) is 6.04 Å². The summed E-state index contributed by atoms with van der Waals surface area (Å²) in [4.78, 5) is 45.4. The van der Waals surface area contributed by atoms with E-state index in [-0.39, 0.29) is 22.8 Å². The van der Waals surface area contributed by atoms with Crippen LogP contribution >= 0.6 is 11.6 Å². The Morgan fingerprint density at radius 2 is 1.65 bits per heavy atom. The quantitative estimate of drug-likeness (QED) is 0.217. The van der Waals surface area contributed by atoms with Gasteiger partial charge >= 0.3 is 5.91 Å². The van der Waals surface area contributed by atoms with Crippen molar-refractivity contribution >= 4 is 40.7 Å². The topological polar surface area (TPSA) is 127 Å². The molecule has 1 unspecified atom stereocenters. The fourth-order valence-corrected chi connectivity index (χ4v) is 3.44. The fraction of sp³-hybridized carbons (Fsp3) is 0.0476. The van der Waals surface area contributed by atoms with E-state index in [1.807, 2.05) is 0 Å². The molecule has 9 nitrogen and oxygen atoms in total. The molecule has 2 aromatic carbocycles. The van der Waals surface area contributed by atoms with Crippen molar-refractivity contribution in [2.24, 2.45) is 0 Å². The highest BCUT2D eigenvalue weighted by Gasteiger charge is 2.48. The van der Waals surface area contributed by atoms with Crippen LogP contribution in [0.4, 0.5) is 11.6 Å². The van der Waals surface area contributed by atoms with Crippen LogP contribution in [0.3, 0.4) is 0 Å². The van der Waals surface area contributed by atoms with Gasteiger partial charge in [-0.1, -0.05) is 11.6 Å². The van der Waals surface area contributed by atoms with E-state index in [0.717, 1.165) is 4.90 Å². The molecule has 1 atom stereocenters. The van der Waals surface area contributed by atoms with E-state index < -0.39 is 28.4 Å². The van der Waals surface area contributed by atoms with Crippen molar-refractivity contribution < 1.29 is 19.6 Å². The highest BCUT2D eigenvalue weighted by molar-refractivity contribution is 6.51. The van der Waals surface area contributed by atoms with Crippen molar-refractivity contribution in [1.82, 2.24) is 9.97 Å². The van der Waals surface area contributed by atoms with Gasteiger partial charge in [0.05, 0.1) is 16.5 Å². The molecule has 0 bridgehead atoms. The molecule has 1 N–H and O–H groups in total. The number of hydrogen-bond donors (Lipinski definition) is 1. The number of benzene rings is 2. The number of Topliss-reactive ketones (excluding diaryl/α,β-unsaturated/α-hetero) is 1. The van der Waals surface area contributed by atoms with Gasteiger partial charge in [-0.3, -0.25) is 24.6 Å². The predicted molar refractivity (Wildman–Crippen MR) is 111 cm³/mol. The maximum absolute atomic E-state index is 12.9. The van der Waals surface area contributed by atoms with Crippen LogP contribution in [0.2, 0.25) is 5.02 Å². The van der Waals surface area contributed by atoms with Crippen molar-refractivity contribution in [3.05, 3.63) is 98.8 Å². The van der Waals surface area contributed by atoms with Crippen molar-refractivity contribution in [3.63, 3.8) is 0 Å². The molecule has 1 aliphatic rings. The van der Waals surface area contributed by atoms with Gasteiger partial charge in [0.15, 0.2) is 0 Å². The SMILES string of the molecule is O=C1C(=O)N(c2ncccn2)C(c2ccc([N+](=O)[O-])cc2)/C1=C(/O)c1ccc(Cl)cc1. The minimum absolute atomic E-state index is 0.0388. The first-order chi connectivity index (χ1) is 14.9. The lowest BCUT2D eigenvalue weighted by molar-refractivity contribution is -0.384. The van der Waals surface area contributed by atoms with Crippen LogP contribution in [0.25, 0.3) is 5.76 Å². The molecule has 31 heavy (non-hydrogen) atoms. The summed E-state index contributed by atoms with van der Waals surface area (Å²) < 4.78 is 0. The molecule has 1 aliphatic heterocycles. The maximum Gasteiger partial charge on any atom is 0.302 e. The second-order valence-corrected chi connectivity index (χ2v) is 7.01. The zero-order valence-electron chi connectivity index (χ0n) is 15.7. The average molecular weight is 437 g/mol. The molecular formula is C21H13ClN4O5.